The van der Waals surface area contributed by atoms with E-state index in [0.29, 0.717) is 24.4 Å². The highest BCUT2D eigenvalue weighted by molar-refractivity contribution is 5.60. The van der Waals surface area contributed by atoms with Crippen molar-refractivity contribution in [3.8, 4) is 0 Å². The molecule has 3 aromatic rings. The molecule has 2 aliphatic heterocycles. The molecule has 244 valence electrons. The molecule has 8 fully saturated rings. The second-order valence-electron chi connectivity index (χ2n) is 16.9. The van der Waals surface area contributed by atoms with Crippen molar-refractivity contribution in [3.05, 3.63) is 89.5 Å². The lowest BCUT2D eigenvalue weighted by molar-refractivity contribution is -0.316. The van der Waals surface area contributed by atoms with Crippen LogP contribution in [0.5, 0.6) is 0 Å². The minimum absolute atomic E-state index is 0.276. The van der Waals surface area contributed by atoms with Gasteiger partial charge in [0.1, 0.15) is 0 Å². The van der Waals surface area contributed by atoms with Gasteiger partial charge in [0.2, 0.25) is 0 Å². The van der Waals surface area contributed by atoms with Crippen molar-refractivity contribution in [1.82, 2.24) is 0 Å². The topological polar surface area (TPSA) is 54.0 Å². The second kappa shape index (κ2) is 10.1. The molecule has 11 rings (SSSR count). The van der Waals surface area contributed by atoms with Crippen LogP contribution in [0.25, 0.3) is 0 Å². The summed E-state index contributed by atoms with van der Waals surface area (Å²) in [6.07, 6.45) is 13.5. The van der Waals surface area contributed by atoms with Crippen LogP contribution >= 0.6 is 0 Å². The van der Waals surface area contributed by atoms with E-state index in [-0.39, 0.29) is 5.92 Å². The first kappa shape index (κ1) is 28.0. The van der Waals surface area contributed by atoms with Crippen LogP contribution in [-0.4, -0.2) is 28.8 Å². The Kier molecular flexibility index (Phi) is 6.02. The number of rotatable bonds is 8. The molecule has 0 spiro atoms. The Hall–Kier alpha value is -2.86. The minimum atomic E-state index is -0.954. The fraction of sp³-hybridized carbons (Fsp3) is 0.571. The first-order chi connectivity index (χ1) is 23.0. The number of hydrogen-bond acceptors (Lipinski definition) is 5. The van der Waals surface area contributed by atoms with Crippen molar-refractivity contribution in [3.63, 3.8) is 0 Å². The Morgan fingerprint density at radius 3 is 1.91 bits per heavy atom. The Bertz CT molecular complexity index is 1650. The molecule has 0 radical (unpaired) electrons. The molecule has 2 N–H and O–H groups in total. The van der Waals surface area contributed by atoms with Crippen molar-refractivity contribution in [2.75, 3.05) is 10.2 Å². The predicted octanol–water partition coefficient (Wildman–Crippen LogP) is 8.42. The van der Waals surface area contributed by atoms with E-state index in [0.717, 1.165) is 78.4 Å². The molecule has 2 unspecified atom stereocenters. The van der Waals surface area contributed by atoms with Gasteiger partial charge >= 0.3 is 0 Å². The zero-order valence-electron chi connectivity index (χ0n) is 27.4. The van der Waals surface area contributed by atoms with Crippen molar-refractivity contribution >= 4 is 17.1 Å². The highest BCUT2D eigenvalue weighted by atomic mass is 16.8. The number of benzene rings is 3. The van der Waals surface area contributed by atoms with E-state index >= 15 is 0 Å². The Balaban J connectivity index is 0.711. The average molecular weight is 629 g/mol. The van der Waals surface area contributed by atoms with Gasteiger partial charge in [-0.15, -0.1) is 0 Å². The maximum atomic E-state index is 11.3. The molecule has 8 aliphatic rings. The van der Waals surface area contributed by atoms with E-state index in [1.54, 1.807) is 0 Å². The van der Waals surface area contributed by atoms with Gasteiger partial charge in [0.25, 0.3) is 0 Å². The zero-order valence-corrected chi connectivity index (χ0v) is 27.4. The largest absolute Gasteiger partial charge is 0.365 e. The van der Waals surface area contributed by atoms with Gasteiger partial charge in [0.05, 0.1) is 6.61 Å². The fourth-order valence-electron chi connectivity index (χ4n) is 13.3. The van der Waals surface area contributed by atoms with Crippen LogP contribution in [0.2, 0.25) is 0 Å². The first-order valence-electron chi connectivity index (χ1n) is 18.9. The van der Waals surface area contributed by atoms with E-state index in [1.807, 2.05) is 0 Å². The van der Waals surface area contributed by atoms with Crippen LogP contribution in [0.3, 0.4) is 0 Å². The summed E-state index contributed by atoms with van der Waals surface area (Å²) in [6, 6.07) is 28.7. The Labute approximate surface area is 279 Å². The molecule has 0 bridgehead atoms. The van der Waals surface area contributed by atoms with E-state index in [2.05, 4.69) is 83.0 Å². The highest BCUT2D eigenvalue weighted by Crippen LogP contribution is 2.70. The van der Waals surface area contributed by atoms with Crippen LogP contribution in [0.15, 0.2) is 72.8 Å². The Morgan fingerprint density at radius 1 is 0.660 bits per heavy atom. The molecule has 6 saturated carbocycles. The van der Waals surface area contributed by atoms with Crippen molar-refractivity contribution in [1.29, 1.82) is 0 Å². The van der Waals surface area contributed by atoms with Crippen molar-refractivity contribution in [2.24, 2.45) is 47.3 Å². The van der Waals surface area contributed by atoms with Crippen LogP contribution < -0.4 is 10.2 Å². The quantitative estimate of drug-likeness (QED) is 0.262. The molecule has 12 atom stereocenters. The number of ether oxygens (including phenoxy) is 2. The van der Waals surface area contributed by atoms with E-state index < -0.39 is 11.6 Å². The maximum absolute atomic E-state index is 11.3. The summed E-state index contributed by atoms with van der Waals surface area (Å²) in [5.41, 5.74) is 7.52. The van der Waals surface area contributed by atoms with Gasteiger partial charge < -0.3 is 24.8 Å². The lowest BCUT2D eigenvalue weighted by Crippen LogP contribution is -2.38. The van der Waals surface area contributed by atoms with E-state index in [4.69, 9.17) is 9.47 Å². The molecular formula is C42H48N2O3. The van der Waals surface area contributed by atoms with Gasteiger partial charge in [-0.05, 0) is 146 Å². The van der Waals surface area contributed by atoms with E-state index in [1.165, 1.54) is 61.8 Å². The highest BCUT2D eigenvalue weighted by Gasteiger charge is 2.74. The molecule has 6 aliphatic carbocycles. The monoisotopic (exact) mass is 628 g/mol. The van der Waals surface area contributed by atoms with Crippen LogP contribution in [0.4, 0.5) is 17.1 Å². The summed E-state index contributed by atoms with van der Waals surface area (Å²) in [7, 11) is 0. The molecular weight excluding hydrogens is 580 g/mol. The van der Waals surface area contributed by atoms with Gasteiger partial charge in [0, 0.05) is 53.8 Å². The molecule has 5 nitrogen and oxygen atoms in total. The average Bonchev–Trinajstić information content (AvgIpc) is 3.93. The van der Waals surface area contributed by atoms with Crippen LogP contribution in [-0.2, 0) is 22.5 Å². The van der Waals surface area contributed by atoms with Gasteiger partial charge in [-0.25, -0.2) is 0 Å². The third-order valence-corrected chi connectivity index (χ3v) is 14.9. The molecule has 5 heteroatoms. The zero-order chi connectivity index (χ0) is 30.9. The number of hydrogen-bond donors (Lipinski definition) is 2. The fourth-order valence-corrected chi connectivity index (χ4v) is 13.3. The third-order valence-electron chi connectivity index (χ3n) is 14.9. The normalized spacial score (nSPS) is 42.9. The second-order valence-corrected chi connectivity index (χ2v) is 16.9. The number of anilines is 3. The molecule has 3 aromatic carbocycles. The minimum Gasteiger partial charge on any atom is -0.365 e. The van der Waals surface area contributed by atoms with Gasteiger partial charge in [-0.2, -0.15) is 0 Å². The summed E-state index contributed by atoms with van der Waals surface area (Å²) in [5, 5.41) is 14.8. The summed E-state index contributed by atoms with van der Waals surface area (Å²) in [6.45, 7) is 0.522. The molecule has 0 amide bonds. The standard InChI is InChI=1S/C42H48N2O3/c45-41-19-17-30-23-31-18-20-42(47-41,40(31)39(30)41)46-24-27-3-11-33(12-4-27)43-32-9-1-25(2-10-32)21-26-5-13-34(14-6-26)44-35-15-7-28-22-29-8-16-36(44)38(29)37(28)35/h1-6,9-14,28-31,35-40,43,45H,7-8,15-24H2/t28-,29+,30-,31+,35?,36?,37+,38-,39-,40+,41+,42-/m1/s1. The molecule has 0 aromatic heterocycles. The van der Waals surface area contributed by atoms with E-state index in [9.17, 15) is 5.11 Å². The molecule has 2 saturated heterocycles. The summed E-state index contributed by atoms with van der Waals surface area (Å²) in [4.78, 5) is 2.88. The van der Waals surface area contributed by atoms with Gasteiger partial charge in [-0.1, -0.05) is 36.4 Å². The lowest BCUT2D eigenvalue weighted by atomic mass is 9.86. The lowest BCUT2D eigenvalue weighted by Gasteiger charge is -2.32. The summed E-state index contributed by atoms with van der Waals surface area (Å²) >= 11 is 0. The Morgan fingerprint density at radius 2 is 1.23 bits per heavy atom. The SMILES string of the molecule is O[C@@]12CC[C@@H]3C[C@@H]4CC[C@@](OCc5ccc(Nc6ccc(Cc7ccc(N8C9CC[C@@H]%10C[C@@H]%11CCC8[C@@H]%11[C@H]9%10)cc7)cc6)cc5)(O1)[C@@H]4[C@@H]32. The maximum Gasteiger partial charge on any atom is 0.175 e. The number of aliphatic hydroxyl groups is 1. The van der Waals surface area contributed by atoms with Gasteiger partial charge in [-0.3, -0.25) is 0 Å². The molecule has 47 heavy (non-hydrogen) atoms. The third kappa shape index (κ3) is 4.12. The number of nitrogens with one attached hydrogen (secondary N) is 1. The summed E-state index contributed by atoms with van der Waals surface area (Å²) < 4.78 is 13.0. The number of nitrogens with zero attached hydrogens (tertiary/aromatic N) is 1. The first-order valence-corrected chi connectivity index (χ1v) is 18.9. The van der Waals surface area contributed by atoms with Crippen LogP contribution in [0, 0.1) is 47.3 Å². The van der Waals surface area contributed by atoms with Gasteiger partial charge in [0.15, 0.2) is 11.6 Å². The van der Waals surface area contributed by atoms with Crippen LogP contribution in [0.1, 0.15) is 80.9 Å². The molecule has 2 heterocycles. The summed E-state index contributed by atoms with van der Waals surface area (Å²) in [5.74, 6) is 4.40. The van der Waals surface area contributed by atoms with Crippen molar-refractivity contribution < 1.29 is 14.6 Å². The smallest absolute Gasteiger partial charge is 0.175 e. The van der Waals surface area contributed by atoms with Crippen molar-refractivity contribution in [2.45, 2.75) is 101 Å². The predicted molar refractivity (Wildman–Crippen MR) is 183 cm³/mol.